The van der Waals surface area contributed by atoms with Crippen molar-refractivity contribution in [2.75, 3.05) is 21.2 Å². The Labute approximate surface area is 203 Å². The van der Waals surface area contributed by atoms with Crippen LogP contribution in [-0.2, 0) is 16.2 Å². The third kappa shape index (κ3) is 4.87. The quantitative estimate of drug-likeness (QED) is 0.303. The number of thiocarbonyl (C=S) groups is 1. The first-order valence-corrected chi connectivity index (χ1v) is 10.9. The molecule has 0 saturated carbocycles. The first-order chi connectivity index (χ1) is 14.6. The Morgan fingerprint density at radius 3 is 2.32 bits per heavy atom. The molecule has 0 spiro atoms. The Kier molecular flexibility index (Phi) is 7.26. The van der Waals surface area contributed by atoms with Crippen LogP contribution in [-0.4, -0.2) is 47.9 Å². The van der Waals surface area contributed by atoms with Crippen LogP contribution in [0.1, 0.15) is 11.1 Å². The second kappa shape index (κ2) is 9.56. The molecule has 2 aromatic rings. The van der Waals surface area contributed by atoms with Gasteiger partial charge in [0.15, 0.2) is 16.6 Å². The number of rotatable bonds is 5. The van der Waals surface area contributed by atoms with Crippen molar-refractivity contribution in [1.82, 2.24) is 9.80 Å². The third-order valence-electron chi connectivity index (χ3n) is 4.59. The van der Waals surface area contributed by atoms with Gasteiger partial charge in [0.25, 0.3) is 11.8 Å². The zero-order valence-electron chi connectivity index (χ0n) is 16.7. The SMILES string of the molecule is COc1cc(C=C2C(=O)N(C)C(=S)N(C)C2=O)cc(Br)c1OCc1ccc(Cl)cc1Cl. The number of carbonyl (C=O) groups is 2. The summed E-state index contributed by atoms with van der Waals surface area (Å²) in [7, 11) is 4.55. The van der Waals surface area contributed by atoms with Crippen molar-refractivity contribution in [3.05, 3.63) is 61.5 Å². The largest absolute Gasteiger partial charge is 0.493 e. The molecule has 1 fully saturated rings. The normalized spacial score (nSPS) is 14.3. The Hall–Kier alpha value is -2.13. The summed E-state index contributed by atoms with van der Waals surface area (Å²) in [6, 6.07) is 8.54. The van der Waals surface area contributed by atoms with E-state index in [0.717, 1.165) is 5.56 Å². The molecule has 1 saturated heterocycles. The zero-order valence-corrected chi connectivity index (χ0v) is 20.7. The van der Waals surface area contributed by atoms with Crippen LogP contribution in [0.5, 0.6) is 11.5 Å². The maximum Gasteiger partial charge on any atom is 0.265 e. The summed E-state index contributed by atoms with van der Waals surface area (Å²) in [6.45, 7) is 0.190. The van der Waals surface area contributed by atoms with E-state index >= 15 is 0 Å². The van der Waals surface area contributed by atoms with Crippen LogP contribution < -0.4 is 9.47 Å². The third-order valence-corrected chi connectivity index (χ3v) is 6.32. The van der Waals surface area contributed by atoms with Gasteiger partial charge >= 0.3 is 0 Å². The lowest BCUT2D eigenvalue weighted by molar-refractivity contribution is -0.132. The number of amides is 2. The molecule has 10 heteroatoms. The molecule has 6 nitrogen and oxygen atoms in total. The number of nitrogens with zero attached hydrogens (tertiary/aromatic N) is 2. The molecular weight excluding hydrogens is 527 g/mol. The highest BCUT2D eigenvalue weighted by atomic mass is 79.9. The van der Waals surface area contributed by atoms with Gasteiger partial charge in [0, 0.05) is 29.7 Å². The number of ether oxygens (including phenoxy) is 2. The molecule has 0 unspecified atom stereocenters. The maximum atomic E-state index is 12.6. The summed E-state index contributed by atoms with van der Waals surface area (Å²) in [5, 5.41) is 1.17. The van der Waals surface area contributed by atoms with E-state index in [4.69, 9.17) is 44.9 Å². The lowest BCUT2D eigenvalue weighted by Gasteiger charge is -2.31. The molecule has 0 radical (unpaired) electrons. The summed E-state index contributed by atoms with van der Waals surface area (Å²) < 4.78 is 12.0. The van der Waals surface area contributed by atoms with Crippen molar-refractivity contribution in [3.8, 4) is 11.5 Å². The fourth-order valence-corrected chi connectivity index (χ4v) is 4.10. The molecule has 0 aliphatic carbocycles. The number of benzene rings is 2. The van der Waals surface area contributed by atoms with Gasteiger partial charge in [-0.25, -0.2) is 0 Å². The van der Waals surface area contributed by atoms with Crippen LogP contribution in [0.4, 0.5) is 0 Å². The van der Waals surface area contributed by atoms with Crippen LogP contribution in [0.3, 0.4) is 0 Å². The van der Waals surface area contributed by atoms with Crippen molar-refractivity contribution in [1.29, 1.82) is 0 Å². The molecule has 31 heavy (non-hydrogen) atoms. The summed E-state index contributed by atoms with van der Waals surface area (Å²) in [4.78, 5) is 27.6. The minimum Gasteiger partial charge on any atom is -0.493 e. The van der Waals surface area contributed by atoms with Crippen molar-refractivity contribution >= 4 is 74.4 Å². The molecule has 1 aliphatic heterocycles. The molecule has 0 bridgehead atoms. The molecular formula is C21H17BrCl2N2O4S. The molecule has 162 valence electrons. The van der Waals surface area contributed by atoms with Crippen molar-refractivity contribution in [3.63, 3.8) is 0 Å². The van der Waals surface area contributed by atoms with E-state index in [1.54, 1.807) is 30.3 Å². The summed E-state index contributed by atoms with van der Waals surface area (Å²) in [5.41, 5.74) is 1.33. The van der Waals surface area contributed by atoms with Gasteiger partial charge in [0.1, 0.15) is 12.2 Å². The number of carbonyl (C=O) groups excluding carboxylic acids is 2. The number of halogens is 3. The van der Waals surface area contributed by atoms with Crippen LogP contribution in [0.2, 0.25) is 10.0 Å². The maximum absolute atomic E-state index is 12.6. The highest BCUT2D eigenvalue weighted by molar-refractivity contribution is 9.10. The van der Waals surface area contributed by atoms with Gasteiger partial charge in [-0.3, -0.25) is 19.4 Å². The monoisotopic (exact) mass is 542 g/mol. The molecule has 0 atom stereocenters. The van der Waals surface area contributed by atoms with E-state index in [1.807, 2.05) is 0 Å². The van der Waals surface area contributed by atoms with E-state index in [-0.39, 0.29) is 17.3 Å². The lowest BCUT2D eigenvalue weighted by atomic mass is 10.1. The highest BCUT2D eigenvalue weighted by Crippen LogP contribution is 2.38. The number of hydrogen-bond acceptors (Lipinski definition) is 5. The standard InChI is InChI=1S/C21H17BrCl2N2O4S/c1-25-19(27)14(20(28)26(2)21(25)31)6-11-7-15(22)18(17(8-11)29-3)30-10-12-4-5-13(23)9-16(12)24/h4-9H,10H2,1-3H3. The Morgan fingerprint density at radius 1 is 1.10 bits per heavy atom. The highest BCUT2D eigenvalue weighted by Gasteiger charge is 2.35. The van der Waals surface area contributed by atoms with Crippen molar-refractivity contribution in [2.45, 2.75) is 6.61 Å². The van der Waals surface area contributed by atoms with Gasteiger partial charge in [0.05, 0.1) is 11.6 Å². The minimum atomic E-state index is -0.471. The molecule has 2 amide bonds. The lowest BCUT2D eigenvalue weighted by Crippen LogP contribution is -2.52. The average Bonchev–Trinajstić information content (AvgIpc) is 2.74. The van der Waals surface area contributed by atoms with Gasteiger partial charge in [-0.1, -0.05) is 29.3 Å². The van der Waals surface area contributed by atoms with E-state index in [0.29, 0.717) is 31.6 Å². The fraction of sp³-hybridized carbons (Fsp3) is 0.190. The second-order valence-electron chi connectivity index (χ2n) is 6.63. The number of likely N-dealkylation sites (N-methyl/N-ethyl adjacent to an activating group) is 2. The first-order valence-electron chi connectivity index (χ1n) is 8.90. The second-order valence-corrected chi connectivity index (χ2v) is 8.69. The molecule has 1 heterocycles. The van der Waals surface area contributed by atoms with Crippen LogP contribution >= 0.6 is 51.3 Å². The van der Waals surface area contributed by atoms with Crippen LogP contribution in [0.15, 0.2) is 40.4 Å². The Bertz CT molecular complexity index is 1100. The molecule has 1 aliphatic rings. The minimum absolute atomic E-state index is 0.00540. The predicted molar refractivity (Wildman–Crippen MR) is 128 cm³/mol. The van der Waals surface area contributed by atoms with Gasteiger partial charge in [-0.2, -0.15) is 0 Å². The Balaban J connectivity index is 1.92. The molecule has 0 aromatic heterocycles. The number of hydrogen-bond donors (Lipinski definition) is 0. The summed E-state index contributed by atoms with van der Waals surface area (Å²) >= 11 is 20.7. The Morgan fingerprint density at radius 2 is 1.74 bits per heavy atom. The molecule has 3 rings (SSSR count). The first kappa shape index (κ1) is 23.5. The number of methoxy groups -OCH3 is 1. The topological polar surface area (TPSA) is 59.1 Å². The smallest absolute Gasteiger partial charge is 0.265 e. The fourth-order valence-electron chi connectivity index (χ4n) is 2.89. The van der Waals surface area contributed by atoms with E-state index in [1.165, 1.54) is 37.1 Å². The van der Waals surface area contributed by atoms with Crippen LogP contribution in [0, 0.1) is 0 Å². The van der Waals surface area contributed by atoms with Gasteiger partial charge in [-0.15, -0.1) is 0 Å². The zero-order chi connectivity index (χ0) is 22.9. The molecule has 0 N–H and O–H groups in total. The van der Waals surface area contributed by atoms with E-state index in [2.05, 4.69) is 15.9 Å². The average molecular weight is 544 g/mol. The summed E-state index contributed by atoms with van der Waals surface area (Å²) in [6.07, 6.45) is 1.49. The van der Waals surface area contributed by atoms with Crippen molar-refractivity contribution < 1.29 is 19.1 Å². The molecule has 2 aromatic carbocycles. The van der Waals surface area contributed by atoms with Crippen molar-refractivity contribution in [2.24, 2.45) is 0 Å². The van der Waals surface area contributed by atoms with Gasteiger partial charge in [-0.05, 0) is 64.1 Å². The predicted octanol–water partition coefficient (Wildman–Crippen LogP) is 4.94. The van der Waals surface area contributed by atoms with E-state index < -0.39 is 11.8 Å². The summed E-state index contributed by atoms with van der Waals surface area (Å²) in [5.74, 6) is -0.0755. The van der Waals surface area contributed by atoms with Gasteiger partial charge in [0.2, 0.25) is 0 Å². The van der Waals surface area contributed by atoms with Crippen LogP contribution in [0.25, 0.3) is 6.08 Å². The van der Waals surface area contributed by atoms with E-state index in [9.17, 15) is 9.59 Å². The van der Waals surface area contributed by atoms with Gasteiger partial charge < -0.3 is 9.47 Å².